The number of hydrogen-bond donors (Lipinski definition) is 2. The van der Waals surface area contributed by atoms with Crippen LogP contribution in [0.2, 0.25) is 0 Å². The summed E-state index contributed by atoms with van der Waals surface area (Å²) in [6, 6.07) is 4.98. The summed E-state index contributed by atoms with van der Waals surface area (Å²) in [5.74, 6) is 0.237. The number of anilines is 1. The Bertz CT molecular complexity index is 560. The lowest BCUT2D eigenvalue weighted by molar-refractivity contribution is 0.622. The predicted octanol–water partition coefficient (Wildman–Crippen LogP) is 2.80. The smallest absolute Gasteiger partial charge is 0.161 e. The van der Waals surface area contributed by atoms with Crippen molar-refractivity contribution in [1.82, 2.24) is 9.97 Å². The lowest BCUT2D eigenvalue weighted by atomic mass is 10.2. The Morgan fingerprint density at radius 2 is 2.35 bits per heavy atom. The summed E-state index contributed by atoms with van der Waals surface area (Å²) in [5.41, 5.74) is 0.596. The maximum Gasteiger partial charge on any atom is 0.161 e. The molecule has 1 aromatic heterocycles. The Balaban J connectivity index is 2.17. The minimum atomic E-state index is -0.476. The van der Waals surface area contributed by atoms with Crippen molar-refractivity contribution < 1.29 is 4.39 Å². The van der Waals surface area contributed by atoms with E-state index in [9.17, 15) is 4.39 Å². The van der Waals surface area contributed by atoms with Gasteiger partial charge in [0, 0.05) is 12.4 Å². The number of benzene rings is 1. The Hall–Kier alpha value is -1.87. The molecule has 2 N–H and O–H groups in total. The maximum atomic E-state index is 13.8. The SMILES string of the molecule is N#Cc1ccc(NCc2ncc[nH]2)c(F)c1Br. The van der Waals surface area contributed by atoms with E-state index >= 15 is 0 Å². The third kappa shape index (κ3) is 2.45. The van der Waals surface area contributed by atoms with Crippen LogP contribution in [0.3, 0.4) is 0 Å². The number of rotatable bonds is 3. The summed E-state index contributed by atoms with van der Waals surface area (Å²) in [6.45, 7) is 0.391. The number of halogens is 2. The van der Waals surface area contributed by atoms with E-state index in [-0.39, 0.29) is 10.0 Å². The van der Waals surface area contributed by atoms with Crippen LogP contribution in [0.15, 0.2) is 29.0 Å². The molecule has 0 amide bonds. The normalized spacial score (nSPS) is 9.94. The molecule has 17 heavy (non-hydrogen) atoms. The Kier molecular flexibility index (Phi) is 3.40. The van der Waals surface area contributed by atoms with Gasteiger partial charge in [0.2, 0.25) is 0 Å². The molecule has 0 spiro atoms. The first-order valence-corrected chi connectivity index (χ1v) is 5.62. The largest absolute Gasteiger partial charge is 0.375 e. The van der Waals surface area contributed by atoms with Crippen molar-refractivity contribution in [3.63, 3.8) is 0 Å². The van der Waals surface area contributed by atoms with Crippen LogP contribution in [-0.2, 0) is 6.54 Å². The highest BCUT2D eigenvalue weighted by molar-refractivity contribution is 9.10. The maximum absolute atomic E-state index is 13.8. The zero-order chi connectivity index (χ0) is 12.3. The van der Waals surface area contributed by atoms with E-state index in [0.29, 0.717) is 18.1 Å². The van der Waals surface area contributed by atoms with E-state index in [2.05, 4.69) is 31.2 Å². The quantitative estimate of drug-likeness (QED) is 0.915. The van der Waals surface area contributed by atoms with Crippen LogP contribution in [0.4, 0.5) is 10.1 Å². The Morgan fingerprint density at radius 3 is 3.00 bits per heavy atom. The van der Waals surface area contributed by atoms with Crippen LogP contribution in [-0.4, -0.2) is 9.97 Å². The molecule has 2 aromatic rings. The zero-order valence-electron chi connectivity index (χ0n) is 8.67. The molecule has 2 rings (SSSR count). The van der Waals surface area contributed by atoms with Crippen LogP contribution in [0, 0.1) is 17.1 Å². The number of aromatic nitrogens is 2. The second-order valence-electron chi connectivity index (χ2n) is 3.29. The molecule has 0 bridgehead atoms. The molecule has 0 atom stereocenters. The molecule has 0 saturated carbocycles. The van der Waals surface area contributed by atoms with Crippen molar-refractivity contribution in [3.05, 3.63) is 46.2 Å². The lowest BCUT2D eigenvalue weighted by Gasteiger charge is -2.07. The van der Waals surface area contributed by atoms with E-state index in [1.165, 1.54) is 6.07 Å². The predicted molar refractivity (Wildman–Crippen MR) is 64.7 cm³/mol. The number of aromatic amines is 1. The van der Waals surface area contributed by atoms with Gasteiger partial charge >= 0.3 is 0 Å². The van der Waals surface area contributed by atoms with E-state index in [1.54, 1.807) is 18.5 Å². The van der Waals surface area contributed by atoms with Gasteiger partial charge in [-0.15, -0.1) is 0 Å². The third-order valence-electron chi connectivity index (χ3n) is 2.20. The highest BCUT2D eigenvalue weighted by Gasteiger charge is 2.10. The lowest BCUT2D eigenvalue weighted by Crippen LogP contribution is -2.03. The highest BCUT2D eigenvalue weighted by Crippen LogP contribution is 2.26. The summed E-state index contributed by atoms with van der Waals surface area (Å²) in [4.78, 5) is 6.92. The van der Waals surface area contributed by atoms with Gasteiger partial charge < -0.3 is 10.3 Å². The average Bonchev–Trinajstić information content (AvgIpc) is 2.84. The first-order chi connectivity index (χ1) is 8.22. The molecule has 1 aromatic carbocycles. The van der Waals surface area contributed by atoms with E-state index in [1.807, 2.05) is 6.07 Å². The topological polar surface area (TPSA) is 64.5 Å². The van der Waals surface area contributed by atoms with Gasteiger partial charge in [-0.05, 0) is 28.1 Å². The molecule has 0 saturated heterocycles. The van der Waals surface area contributed by atoms with Crippen LogP contribution in [0.5, 0.6) is 0 Å². The summed E-state index contributed by atoms with van der Waals surface area (Å²) in [5, 5.41) is 11.6. The minimum Gasteiger partial charge on any atom is -0.375 e. The number of imidazole rings is 1. The van der Waals surface area contributed by atoms with Crippen molar-refractivity contribution in [2.24, 2.45) is 0 Å². The molecule has 6 heteroatoms. The van der Waals surface area contributed by atoms with E-state index < -0.39 is 5.82 Å². The summed E-state index contributed by atoms with van der Waals surface area (Å²) < 4.78 is 14.0. The van der Waals surface area contributed by atoms with Crippen LogP contribution in [0.25, 0.3) is 0 Å². The van der Waals surface area contributed by atoms with Crippen molar-refractivity contribution in [1.29, 1.82) is 5.26 Å². The fourth-order valence-corrected chi connectivity index (χ4v) is 1.78. The molecule has 86 valence electrons. The van der Waals surface area contributed by atoms with Gasteiger partial charge in [0.25, 0.3) is 0 Å². The molecule has 0 aliphatic rings. The van der Waals surface area contributed by atoms with E-state index in [4.69, 9.17) is 5.26 Å². The van der Waals surface area contributed by atoms with Crippen LogP contribution < -0.4 is 5.32 Å². The van der Waals surface area contributed by atoms with Crippen LogP contribution in [0.1, 0.15) is 11.4 Å². The fourth-order valence-electron chi connectivity index (χ4n) is 1.35. The van der Waals surface area contributed by atoms with Crippen molar-refractivity contribution in [3.8, 4) is 6.07 Å². The van der Waals surface area contributed by atoms with Gasteiger partial charge in [0.1, 0.15) is 11.9 Å². The summed E-state index contributed by atoms with van der Waals surface area (Å²) in [7, 11) is 0. The number of hydrogen-bond acceptors (Lipinski definition) is 3. The van der Waals surface area contributed by atoms with Crippen molar-refractivity contribution in [2.45, 2.75) is 6.54 Å². The van der Waals surface area contributed by atoms with Gasteiger partial charge in [-0.1, -0.05) is 0 Å². The first kappa shape index (κ1) is 11.6. The molecule has 0 radical (unpaired) electrons. The summed E-state index contributed by atoms with van der Waals surface area (Å²) >= 11 is 3.05. The molecule has 1 heterocycles. The number of nitrogens with zero attached hydrogens (tertiary/aromatic N) is 2. The van der Waals surface area contributed by atoms with Gasteiger partial charge in [-0.2, -0.15) is 5.26 Å². The standard InChI is InChI=1S/C11H8BrFN4/c12-10-7(5-14)1-2-8(11(10)13)17-6-9-15-3-4-16-9/h1-4,17H,6H2,(H,15,16). The Morgan fingerprint density at radius 1 is 1.53 bits per heavy atom. The number of nitrogens with one attached hydrogen (secondary N) is 2. The van der Waals surface area contributed by atoms with Gasteiger partial charge in [0.15, 0.2) is 5.82 Å². The number of nitriles is 1. The molecule has 0 fully saturated rings. The van der Waals surface area contributed by atoms with Gasteiger partial charge in [-0.25, -0.2) is 9.37 Å². The van der Waals surface area contributed by atoms with Crippen molar-refractivity contribution >= 4 is 21.6 Å². The third-order valence-corrected chi connectivity index (χ3v) is 2.98. The summed E-state index contributed by atoms with van der Waals surface area (Å²) in [6.07, 6.45) is 3.32. The molecule has 0 aliphatic carbocycles. The highest BCUT2D eigenvalue weighted by atomic mass is 79.9. The minimum absolute atomic E-state index is 0.171. The Labute approximate surface area is 106 Å². The number of H-pyrrole nitrogens is 1. The van der Waals surface area contributed by atoms with Gasteiger partial charge in [0.05, 0.1) is 22.3 Å². The monoisotopic (exact) mass is 294 g/mol. The van der Waals surface area contributed by atoms with Gasteiger partial charge in [-0.3, -0.25) is 0 Å². The van der Waals surface area contributed by atoms with E-state index in [0.717, 1.165) is 0 Å². The first-order valence-electron chi connectivity index (χ1n) is 4.82. The zero-order valence-corrected chi connectivity index (χ0v) is 10.3. The second-order valence-corrected chi connectivity index (χ2v) is 4.08. The molecule has 0 unspecified atom stereocenters. The molecule has 0 aliphatic heterocycles. The second kappa shape index (κ2) is 4.97. The van der Waals surface area contributed by atoms with Crippen LogP contribution >= 0.6 is 15.9 Å². The molecule has 4 nitrogen and oxygen atoms in total. The molecular weight excluding hydrogens is 287 g/mol. The molecular formula is C11H8BrFN4. The fraction of sp³-hybridized carbons (Fsp3) is 0.0909. The van der Waals surface area contributed by atoms with Crippen molar-refractivity contribution in [2.75, 3.05) is 5.32 Å². The average molecular weight is 295 g/mol.